The third-order valence-corrected chi connectivity index (χ3v) is 3.28. The molecule has 0 fully saturated rings. The molecule has 0 N–H and O–H groups in total. The zero-order valence-electron chi connectivity index (χ0n) is 12.8. The van der Waals surface area contributed by atoms with Crippen LogP contribution in [0.25, 0.3) is 0 Å². The van der Waals surface area contributed by atoms with Gasteiger partial charge in [-0.25, -0.2) is 0 Å². The first-order chi connectivity index (χ1) is 9.88. The Bertz CT molecular complexity index is 577. The second-order valence-corrected chi connectivity index (χ2v) is 5.60. The van der Waals surface area contributed by atoms with Crippen molar-refractivity contribution in [3.8, 4) is 5.75 Å². The van der Waals surface area contributed by atoms with Crippen molar-refractivity contribution < 1.29 is 14.3 Å². The summed E-state index contributed by atoms with van der Waals surface area (Å²) in [6.07, 6.45) is 1.11. The number of carbonyl (C=O) groups excluding carboxylic acids is 1. The monoisotopic (exact) mass is 287 g/mol. The minimum Gasteiger partial charge on any atom is -0.481 e. The van der Waals surface area contributed by atoms with E-state index in [4.69, 9.17) is 9.47 Å². The molecule has 1 aliphatic heterocycles. The van der Waals surface area contributed by atoms with Crippen molar-refractivity contribution in [3.05, 3.63) is 49.1 Å². The van der Waals surface area contributed by atoms with Gasteiger partial charge in [-0.1, -0.05) is 24.8 Å². The van der Waals surface area contributed by atoms with E-state index >= 15 is 0 Å². The average Bonchev–Trinajstić information content (AvgIpc) is 2.42. The molecule has 0 spiro atoms. The molecule has 1 aromatic rings. The van der Waals surface area contributed by atoms with E-state index in [-0.39, 0.29) is 5.91 Å². The molecule has 2 rings (SSSR count). The second-order valence-electron chi connectivity index (χ2n) is 5.60. The number of anilines is 1. The normalized spacial score (nSPS) is 19.4. The van der Waals surface area contributed by atoms with Gasteiger partial charge in [-0.2, -0.15) is 0 Å². The molecule has 0 saturated carbocycles. The van der Waals surface area contributed by atoms with E-state index in [0.717, 1.165) is 0 Å². The molecule has 4 heteroatoms. The molecule has 1 aromatic carbocycles. The average molecular weight is 287 g/mol. The van der Waals surface area contributed by atoms with E-state index in [1.54, 1.807) is 17.9 Å². The summed E-state index contributed by atoms with van der Waals surface area (Å²) in [6.45, 7) is 13.2. The Balaban J connectivity index is 2.52. The number of fused-ring (bicyclic) bond motifs is 1. The number of para-hydroxylation sites is 2. The molecule has 0 aliphatic carbocycles. The number of amides is 1. The predicted octanol–water partition coefficient (Wildman–Crippen LogP) is 3.30. The van der Waals surface area contributed by atoms with Gasteiger partial charge in [-0.05, 0) is 32.9 Å². The maximum Gasteiger partial charge on any atom is 0.255 e. The van der Waals surface area contributed by atoms with Gasteiger partial charge in [0.15, 0.2) is 6.23 Å². The topological polar surface area (TPSA) is 38.8 Å². The number of nitrogens with zero attached hydrogens (tertiary/aromatic N) is 1. The molecule has 1 aliphatic rings. The Hall–Kier alpha value is -2.07. The summed E-state index contributed by atoms with van der Waals surface area (Å²) in [6, 6.07) is 7.43. The summed E-state index contributed by atoms with van der Waals surface area (Å²) in [7, 11) is 0. The molecular weight excluding hydrogens is 266 g/mol. The third-order valence-electron chi connectivity index (χ3n) is 3.28. The van der Waals surface area contributed by atoms with Crippen LogP contribution in [0.5, 0.6) is 5.75 Å². The predicted molar refractivity (Wildman–Crippen MR) is 83.4 cm³/mol. The van der Waals surface area contributed by atoms with Crippen LogP contribution < -0.4 is 9.64 Å². The number of carbonyl (C=O) groups is 1. The number of benzene rings is 1. The zero-order chi connectivity index (χ0) is 15.6. The van der Waals surface area contributed by atoms with E-state index in [0.29, 0.717) is 23.6 Å². The van der Waals surface area contributed by atoms with Crippen molar-refractivity contribution in [1.82, 2.24) is 0 Å². The maximum absolute atomic E-state index is 12.6. The lowest BCUT2D eigenvalue weighted by atomic mass is 10.0. The van der Waals surface area contributed by atoms with Crippen LogP contribution in [0.4, 0.5) is 5.69 Å². The van der Waals surface area contributed by atoms with Gasteiger partial charge in [0, 0.05) is 5.57 Å². The van der Waals surface area contributed by atoms with Crippen molar-refractivity contribution in [2.24, 2.45) is 0 Å². The standard InChI is InChI=1S/C17H21NO3/c1-6-11-20-16-17(4,5)21-14-10-8-7-9-13(14)18(16)15(19)12(2)3/h6-10,16H,1-2,11H2,3-5H3. The van der Waals surface area contributed by atoms with Gasteiger partial charge in [-0.15, -0.1) is 6.58 Å². The van der Waals surface area contributed by atoms with Crippen LogP contribution in [0.2, 0.25) is 0 Å². The van der Waals surface area contributed by atoms with Gasteiger partial charge in [0.25, 0.3) is 5.91 Å². The van der Waals surface area contributed by atoms with Gasteiger partial charge in [0.05, 0.1) is 12.3 Å². The maximum atomic E-state index is 12.6. The lowest BCUT2D eigenvalue weighted by Crippen LogP contribution is -2.59. The molecule has 1 heterocycles. The SMILES string of the molecule is C=CCOC1N(C(=O)C(=C)C)c2ccccc2OC1(C)C. The Labute approximate surface area is 125 Å². The van der Waals surface area contributed by atoms with Gasteiger partial charge in [0.2, 0.25) is 0 Å². The summed E-state index contributed by atoms with van der Waals surface area (Å²) in [5.74, 6) is 0.489. The zero-order valence-corrected chi connectivity index (χ0v) is 12.8. The lowest BCUT2D eigenvalue weighted by molar-refractivity contribution is -0.125. The number of ether oxygens (including phenoxy) is 2. The molecule has 4 nitrogen and oxygen atoms in total. The van der Waals surface area contributed by atoms with Gasteiger partial charge < -0.3 is 9.47 Å². The van der Waals surface area contributed by atoms with Crippen LogP contribution in [0, 0.1) is 0 Å². The lowest BCUT2D eigenvalue weighted by Gasteiger charge is -2.46. The Kier molecular flexibility index (Phi) is 4.19. The molecule has 1 unspecified atom stereocenters. The van der Waals surface area contributed by atoms with E-state index < -0.39 is 11.8 Å². The molecule has 0 bridgehead atoms. The van der Waals surface area contributed by atoms with Gasteiger partial charge in [-0.3, -0.25) is 9.69 Å². The summed E-state index contributed by atoms with van der Waals surface area (Å²) in [4.78, 5) is 14.2. The van der Waals surface area contributed by atoms with Crippen LogP contribution in [0.3, 0.4) is 0 Å². The van der Waals surface area contributed by atoms with Crippen LogP contribution in [-0.4, -0.2) is 24.3 Å². The Morgan fingerprint density at radius 3 is 2.76 bits per heavy atom. The van der Waals surface area contributed by atoms with Gasteiger partial charge >= 0.3 is 0 Å². The fraction of sp³-hybridized carbons (Fsp3) is 0.353. The molecule has 0 aromatic heterocycles. The van der Waals surface area contributed by atoms with Crippen LogP contribution in [0.15, 0.2) is 49.1 Å². The van der Waals surface area contributed by atoms with E-state index in [9.17, 15) is 4.79 Å². The second kappa shape index (κ2) is 5.74. The van der Waals surface area contributed by atoms with Crippen LogP contribution in [0.1, 0.15) is 20.8 Å². The van der Waals surface area contributed by atoms with E-state index in [2.05, 4.69) is 13.2 Å². The first-order valence-corrected chi connectivity index (χ1v) is 6.88. The quantitative estimate of drug-likeness (QED) is 0.630. The molecule has 0 radical (unpaired) electrons. The smallest absolute Gasteiger partial charge is 0.255 e. The molecule has 0 saturated heterocycles. The minimum absolute atomic E-state index is 0.173. The fourth-order valence-corrected chi connectivity index (χ4v) is 2.37. The van der Waals surface area contributed by atoms with E-state index in [1.807, 2.05) is 38.1 Å². The first kappa shape index (κ1) is 15.3. The minimum atomic E-state index is -0.678. The van der Waals surface area contributed by atoms with Crippen molar-refractivity contribution in [1.29, 1.82) is 0 Å². The Morgan fingerprint density at radius 1 is 1.48 bits per heavy atom. The van der Waals surface area contributed by atoms with Crippen LogP contribution in [-0.2, 0) is 9.53 Å². The number of hydrogen-bond donors (Lipinski definition) is 0. The van der Waals surface area contributed by atoms with Crippen molar-refractivity contribution in [2.75, 3.05) is 11.5 Å². The van der Waals surface area contributed by atoms with E-state index in [1.165, 1.54) is 0 Å². The number of hydrogen-bond acceptors (Lipinski definition) is 3. The fourth-order valence-electron chi connectivity index (χ4n) is 2.37. The highest BCUT2D eigenvalue weighted by atomic mass is 16.6. The molecule has 112 valence electrons. The molecule has 21 heavy (non-hydrogen) atoms. The molecular formula is C17H21NO3. The van der Waals surface area contributed by atoms with Gasteiger partial charge in [0.1, 0.15) is 11.4 Å². The highest BCUT2D eigenvalue weighted by Gasteiger charge is 2.45. The highest BCUT2D eigenvalue weighted by Crippen LogP contribution is 2.41. The molecule has 1 atom stereocenters. The first-order valence-electron chi connectivity index (χ1n) is 6.88. The molecule has 1 amide bonds. The summed E-state index contributed by atoms with van der Waals surface area (Å²) in [5.41, 5.74) is 0.469. The van der Waals surface area contributed by atoms with Crippen LogP contribution >= 0.6 is 0 Å². The van der Waals surface area contributed by atoms with Crippen molar-refractivity contribution in [2.45, 2.75) is 32.6 Å². The number of rotatable bonds is 4. The summed E-state index contributed by atoms with van der Waals surface area (Å²) < 4.78 is 11.8. The summed E-state index contributed by atoms with van der Waals surface area (Å²) >= 11 is 0. The summed E-state index contributed by atoms with van der Waals surface area (Å²) in [5, 5.41) is 0. The van der Waals surface area contributed by atoms with Crippen molar-refractivity contribution >= 4 is 11.6 Å². The third kappa shape index (κ3) is 2.85. The largest absolute Gasteiger partial charge is 0.481 e. The Morgan fingerprint density at radius 2 is 2.14 bits per heavy atom. The highest BCUT2D eigenvalue weighted by molar-refractivity contribution is 6.06. The van der Waals surface area contributed by atoms with Crippen molar-refractivity contribution in [3.63, 3.8) is 0 Å².